The van der Waals surface area contributed by atoms with Crippen molar-refractivity contribution in [2.24, 2.45) is 5.41 Å². The summed E-state index contributed by atoms with van der Waals surface area (Å²) in [4.78, 5) is 55.1. The average Bonchev–Trinajstić information content (AvgIpc) is 3.68. The van der Waals surface area contributed by atoms with Gasteiger partial charge in [-0.1, -0.05) is 52.4 Å². The van der Waals surface area contributed by atoms with Crippen LogP contribution in [0, 0.1) is 5.41 Å². The zero-order valence-corrected chi connectivity index (χ0v) is 28.1. The van der Waals surface area contributed by atoms with Crippen molar-refractivity contribution >= 4 is 33.7 Å². The highest BCUT2D eigenvalue weighted by Gasteiger charge is 2.47. The third-order valence-electron chi connectivity index (χ3n) is 10.3. The van der Waals surface area contributed by atoms with E-state index in [1.54, 1.807) is 6.92 Å². The first-order valence-electron chi connectivity index (χ1n) is 16.9. The van der Waals surface area contributed by atoms with E-state index in [2.05, 4.69) is 21.3 Å². The molecule has 4 aliphatic rings. The largest absolute Gasteiger partial charge is 0.371 e. The quantitative estimate of drug-likeness (QED) is 0.174. The lowest BCUT2D eigenvalue weighted by atomic mass is 9.70. The Balaban J connectivity index is 1.47. The molecule has 0 aromatic rings. The lowest BCUT2D eigenvalue weighted by molar-refractivity contribution is -0.143. The maximum atomic E-state index is 14.3. The summed E-state index contributed by atoms with van der Waals surface area (Å²) in [6, 6.07) is -2.15. The summed E-state index contributed by atoms with van der Waals surface area (Å²) in [7, 11) is -2.08. The third-order valence-corrected chi connectivity index (χ3v) is 12.5. The minimum absolute atomic E-state index is 0.125. The van der Waals surface area contributed by atoms with Gasteiger partial charge in [-0.3, -0.25) is 19.7 Å². The molecule has 5 N–H and O–H groups in total. The lowest BCUT2D eigenvalue weighted by Crippen LogP contribution is -2.64. The van der Waals surface area contributed by atoms with Gasteiger partial charge in [0, 0.05) is 26.2 Å². The number of sulfonamides is 1. The van der Waals surface area contributed by atoms with Crippen molar-refractivity contribution in [3.05, 3.63) is 0 Å². The smallest absolute Gasteiger partial charge is 0.315 e. The molecule has 13 nitrogen and oxygen atoms in total. The van der Waals surface area contributed by atoms with E-state index in [0.29, 0.717) is 38.8 Å². The molecule has 4 amide bonds. The molecule has 0 aromatic carbocycles. The Bertz CT molecular complexity index is 1180. The van der Waals surface area contributed by atoms with Gasteiger partial charge in [0.25, 0.3) is 0 Å². The number of nitrogens with one attached hydrogen (secondary N) is 4. The van der Waals surface area contributed by atoms with Crippen LogP contribution in [0.15, 0.2) is 0 Å². The summed E-state index contributed by atoms with van der Waals surface area (Å²) in [5, 5.41) is 21.5. The molecule has 256 valence electrons. The van der Waals surface area contributed by atoms with Crippen LogP contribution in [0.25, 0.3) is 0 Å². The monoisotopic (exact) mass is 654 g/mol. The van der Waals surface area contributed by atoms with E-state index in [-0.39, 0.29) is 24.2 Å². The molecule has 0 aromatic heterocycles. The molecule has 3 aliphatic carbocycles. The maximum Gasteiger partial charge on any atom is 0.315 e. The zero-order chi connectivity index (χ0) is 32.8. The van der Waals surface area contributed by atoms with Crippen molar-refractivity contribution in [1.29, 1.82) is 0 Å². The van der Waals surface area contributed by atoms with Crippen LogP contribution in [-0.4, -0.2) is 109 Å². The van der Waals surface area contributed by atoms with Gasteiger partial charge in [-0.25, -0.2) is 17.5 Å². The highest BCUT2D eigenvalue weighted by molar-refractivity contribution is 7.89. The molecule has 1 unspecified atom stereocenters. The molecule has 0 radical (unpaired) electrons. The maximum absolute atomic E-state index is 14.3. The van der Waals surface area contributed by atoms with E-state index in [0.717, 1.165) is 64.2 Å². The van der Waals surface area contributed by atoms with Gasteiger partial charge >= 0.3 is 6.03 Å². The van der Waals surface area contributed by atoms with Gasteiger partial charge in [0.15, 0.2) is 12.0 Å². The average molecular weight is 655 g/mol. The fourth-order valence-electron chi connectivity index (χ4n) is 7.20. The number of carbonyl (C=O) groups excluding carboxylic acids is 4. The van der Waals surface area contributed by atoms with Crippen LogP contribution in [-0.2, 0) is 24.4 Å². The van der Waals surface area contributed by atoms with Crippen LogP contribution >= 0.6 is 0 Å². The van der Waals surface area contributed by atoms with Crippen molar-refractivity contribution in [3.8, 4) is 0 Å². The Labute approximate surface area is 268 Å². The molecule has 1 saturated heterocycles. The van der Waals surface area contributed by atoms with Crippen molar-refractivity contribution in [2.75, 3.05) is 32.4 Å². The Kier molecular flexibility index (Phi) is 11.9. The second kappa shape index (κ2) is 15.1. The van der Waals surface area contributed by atoms with Gasteiger partial charge in [-0.05, 0) is 56.8 Å². The predicted molar refractivity (Wildman–Crippen MR) is 169 cm³/mol. The second-order valence-corrected chi connectivity index (χ2v) is 16.1. The number of Topliss-reactive ketones (excluding diaryl/α,β-unsaturated/α-hetero) is 1. The van der Waals surface area contributed by atoms with E-state index in [9.17, 15) is 32.7 Å². The van der Waals surface area contributed by atoms with E-state index in [1.165, 1.54) is 16.3 Å². The number of ketones is 1. The normalized spacial score (nSPS) is 24.5. The summed E-state index contributed by atoms with van der Waals surface area (Å²) >= 11 is 0. The van der Waals surface area contributed by atoms with Gasteiger partial charge in [-0.2, -0.15) is 0 Å². The summed E-state index contributed by atoms with van der Waals surface area (Å²) in [5.41, 5.74) is -1.48. The first kappa shape index (κ1) is 35.6. The highest BCUT2D eigenvalue weighted by Crippen LogP contribution is 2.40. The van der Waals surface area contributed by atoms with Crippen molar-refractivity contribution in [3.63, 3.8) is 0 Å². The van der Waals surface area contributed by atoms with Gasteiger partial charge in [0.1, 0.15) is 12.1 Å². The molecule has 14 heteroatoms. The highest BCUT2D eigenvalue weighted by atomic mass is 32.2. The van der Waals surface area contributed by atoms with Crippen LogP contribution in [0.2, 0.25) is 0 Å². The number of hydrogen-bond acceptors (Lipinski definition) is 8. The van der Waals surface area contributed by atoms with Crippen molar-refractivity contribution < 1.29 is 32.7 Å². The Morgan fingerprint density at radius 3 is 2.18 bits per heavy atom. The van der Waals surface area contributed by atoms with E-state index in [1.807, 2.05) is 6.92 Å². The molecule has 0 spiro atoms. The fraction of sp³-hybridized carbons (Fsp3) is 0.871. The number of urea groups is 1. The summed E-state index contributed by atoms with van der Waals surface area (Å²) in [6.45, 7) is 4.10. The van der Waals surface area contributed by atoms with E-state index < -0.39 is 57.0 Å². The molecular weight excluding hydrogens is 600 g/mol. The number of carbonyl (C=O) groups is 4. The van der Waals surface area contributed by atoms with Crippen molar-refractivity contribution in [2.45, 2.75) is 134 Å². The van der Waals surface area contributed by atoms with Crippen LogP contribution in [0.5, 0.6) is 0 Å². The number of rotatable bonds is 14. The van der Waals surface area contributed by atoms with Crippen LogP contribution in [0.3, 0.4) is 0 Å². The first-order chi connectivity index (χ1) is 21.3. The summed E-state index contributed by atoms with van der Waals surface area (Å²) in [5.74, 6) is -1.55. The third kappa shape index (κ3) is 9.17. The molecule has 1 heterocycles. The molecule has 1 aliphatic heterocycles. The van der Waals surface area contributed by atoms with E-state index in [4.69, 9.17) is 0 Å². The Morgan fingerprint density at radius 2 is 1.58 bits per heavy atom. The zero-order valence-electron chi connectivity index (χ0n) is 27.2. The lowest BCUT2D eigenvalue weighted by Gasteiger charge is -2.43. The van der Waals surface area contributed by atoms with Gasteiger partial charge in [0.2, 0.25) is 21.8 Å². The topological polar surface area (TPSA) is 177 Å². The van der Waals surface area contributed by atoms with Crippen molar-refractivity contribution in [1.82, 2.24) is 30.5 Å². The molecule has 4 rings (SSSR count). The van der Waals surface area contributed by atoms with Gasteiger partial charge in [-0.15, -0.1) is 0 Å². The molecule has 45 heavy (non-hydrogen) atoms. The van der Waals surface area contributed by atoms with Gasteiger partial charge in [0.05, 0.1) is 17.8 Å². The number of likely N-dealkylation sites (tertiary alicyclic amines) is 1. The SMILES string of the molecule is CCN(C)S(=O)(=O)CC1(NC(=O)N[C@H](C(=O)N2CCC[C@H]2C(=O)NCC(=O)C(O)NC2CC2)C2(C)CCCCC2)CCCCC1. The molecular formula is C31H54N6O7S. The second-order valence-electron chi connectivity index (χ2n) is 14.0. The molecule has 3 atom stereocenters. The van der Waals surface area contributed by atoms with Crippen LogP contribution in [0.1, 0.15) is 104 Å². The van der Waals surface area contributed by atoms with Crippen LogP contribution in [0.4, 0.5) is 4.79 Å². The fourth-order valence-corrected chi connectivity index (χ4v) is 8.88. The molecule has 3 saturated carbocycles. The number of amides is 4. The van der Waals surface area contributed by atoms with Gasteiger partial charge < -0.3 is 26.0 Å². The Hall–Kier alpha value is -2.29. The number of nitrogens with zero attached hydrogens (tertiary/aromatic N) is 2. The predicted octanol–water partition coefficient (Wildman–Crippen LogP) is 1.36. The number of hydrogen-bond donors (Lipinski definition) is 5. The number of aliphatic hydroxyl groups is 1. The minimum Gasteiger partial charge on any atom is -0.371 e. The van der Waals surface area contributed by atoms with E-state index >= 15 is 0 Å². The first-order valence-corrected chi connectivity index (χ1v) is 18.5. The summed E-state index contributed by atoms with van der Waals surface area (Å²) < 4.78 is 27.5. The summed E-state index contributed by atoms with van der Waals surface area (Å²) in [6.07, 6.45) is 9.45. The number of aliphatic hydroxyl groups excluding tert-OH is 1. The molecule has 4 fully saturated rings. The minimum atomic E-state index is -3.61. The molecule has 0 bridgehead atoms. The Morgan fingerprint density at radius 1 is 0.956 bits per heavy atom. The standard InChI is InChI=1S/C31H54N6O7S/c1-4-36(3)45(43,44)21-31(17-9-6-10-18-31)35-29(42)34-25(30(2)15-7-5-8-16-30)28(41)37-19-11-12-23(37)26(39)32-20-24(38)27(40)33-22-13-14-22/h22-23,25,27,33,40H,4-21H2,1-3H3,(H,32,39)(H2,34,35,42)/t23-,25+,27?/m0/s1. The van der Waals surface area contributed by atoms with Crippen LogP contribution < -0.4 is 21.3 Å².